The minimum absolute atomic E-state index is 0.427. The third kappa shape index (κ3) is 2.75. The van der Waals surface area contributed by atoms with Gasteiger partial charge in [-0.15, -0.1) is 11.3 Å². The van der Waals surface area contributed by atoms with Gasteiger partial charge in [-0.1, -0.05) is 12.1 Å². The Bertz CT molecular complexity index is 690. The molecule has 0 bridgehead atoms. The van der Waals surface area contributed by atoms with Crippen molar-refractivity contribution in [2.45, 2.75) is 23.0 Å². The molecule has 0 unspecified atom stereocenters. The maximum Gasteiger partial charge on any atom is 0.195 e. The van der Waals surface area contributed by atoms with Gasteiger partial charge in [0.2, 0.25) is 0 Å². The van der Waals surface area contributed by atoms with Crippen LogP contribution in [0.4, 0.5) is 0 Å². The standard InChI is InChI=1S/C13H12N4S2/c1-8-6-9(7-14)16-12(15-8)19-13-17-10-4-2-3-5-11(10)18-13/h2-6H,7,14H2,1H3. The molecule has 2 heterocycles. The van der Waals surface area contributed by atoms with Crippen LogP contribution in [0, 0.1) is 6.92 Å². The summed E-state index contributed by atoms with van der Waals surface area (Å²) >= 11 is 3.14. The second-order valence-electron chi connectivity index (χ2n) is 4.04. The minimum Gasteiger partial charge on any atom is -0.325 e. The Balaban J connectivity index is 1.94. The Kier molecular flexibility index (Phi) is 3.46. The lowest BCUT2D eigenvalue weighted by Crippen LogP contribution is -2.02. The number of aromatic nitrogens is 3. The molecular weight excluding hydrogens is 276 g/mol. The molecule has 6 heteroatoms. The van der Waals surface area contributed by atoms with E-state index in [9.17, 15) is 0 Å². The maximum absolute atomic E-state index is 5.63. The van der Waals surface area contributed by atoms with Crippen LogP contribution < -0.4 is 5.73 Å². The van der Waals surface area contributed by atoms with Crippen LogP contribution in [0.15, 0.2) is 39.8 Å². The van der Waals surface area contributed by atoms with Crippen molar-refractivity contribution in [3.05, 3.63) is 41.7 Å². The number of aryl methyl sites for hydroxylation is 1. The van der Waals surface area contributed by atoms with Gasteiger partial charge in [-0.2, -0.15) is 0 Å². The molecule has 1 aromatic carbocycles. The first kappa shape index (κ1) is 12.5. The first-order valence-electron chi connectivity index (χ1n) is 5.82. The summed E-state index contributed by atoms with van der Waals surface area (Å²) in [4.78, 5) is 13.4. The van der Waals surface area contributed by atoms with E-state index < -0.39 is 0 Å². The van der Waals surface area contributed by atoms with E-state index in [4.69, 9.17) is 5.73 Å². The van der Waals surface area contributed by atoms with Crippen molar-refractivity contribution < 1.29 is 0 Å². The van der Waals surface area contributed by atoms with Crippen LogP contribution in [0.1, 0.15) is 11.4 Å². The highest BCUT2D eigenvalue weighted by atomic mass is 32.2. The van der Waals surface area contributed by atoms with Crippen LogP contribution in [0.25, 0.3) is 10.2 Å². The van der Waals surface area contributed by atoms with Crippen LogP contribution in [-0.4, -0.2) is 15.0 Å². The number of nitrogens with two attached hydrogens (primary N) is 1. The van der Waals surface area contributed by atoms with Gasteiger partial charge in [-0.3, -0.25) is 0 Å². The lowest BCUT2D eigenvalue weighted by molar-refractivity contribution is 0.854. The molecule has 2 aromatic heterocycles. The van der Waals surface area contributed by atoms with Crippen LogP contribution in [0.2, 0.25) is 0 Å². The minimum atomic E-state index is 0.427. The summed E-state index contributed by atoms with van der Waals surface area (Å²) < 4.78 is 2.13. The molecule has 0 spiro atoms. The fraction of sp³-hybridized carbons (Fsp3) is 0.154. The van der Waals surface area contributed by atoms with Gasteiger partial charge in [0.25, 0.3) is 0 Å². The van der Waals surface area contributed by atoms with E-state index in [1.807, 2.05) is 31.2 Å². The van der Waals surface area contributed by atoms with Crippen LogP contribution in [0.5, 0.6) is 0 Å². The Labute approximate surface area is 119 Å². The third-order valence-electron chi connectivity index (χ3n) is 2.55. The van der Waals surface area contributed by atoms with E-state index in [0.717, 1.165) is 21.2 Å². The predicted octanol–water partition coefficient (Wildman–Crippen LogP) is 3.00. The molecule has 2 N–H and O–H groups in total. The van der Waals surface area contributed by atoms with Crippen molar-refractivity contribution >= 4 is 33.3 Å². The van der Waals surface area contributed by atoms with Gasteiger partial charge >= 0.3 is 0 Å². The predicted molar refractivity (Wildman–Crippen MR) is 78.4 cm³/mol. The van der Waals surface area contributed by atoms with E-state index in [0.29, 0.717) is 11.7 Å². The third-order valence-corrected chi connectivity index (χ3v) is 4.51. The number of hydrogen-bond acceptors (Lipinski definition) is 6. The molecule has 0 aliphatic carbocycles. The highest BCUT2D eigenvalue weighted by Crippen LogP contribution is 2.32. The number of hydrogen-bond donors (Lipinski definition) is 1. The van der Waals surface area contributed by atoms with Gasteiger partial charge < -0.3 is 5.73 Å². The second kappa shape index (κ2) is 5.24. The second-order valence-corrected chi connectivity index (χ2v) is 6.28. The summed E-state index contributed by atoms with van der Waals surface area (Å²) in [5.41, 5.74) is 8.43. The quantitative estimate of drug-likeness (QED) is 0.751. The number of para-hydroxylation sites is 1. The van der Waals surface area contributed by atoms with Crippen molar-refractivity contribution in [3.8, 4) is 0 Å². The highest BCUT2D eigenvalue weighted by Gasteiger charge is 2.08. The van der Waals surface area contributed by atoms with Gasteiger partial charge in [0, 0.05) is 12.2 Å². The van der Waals surface area contributed by atoms with E-state index in [1.165, 1.54) is 16.5 Å². The number of rotatable bonds is 3. The zero-order chi connectivity index (χ0) is 13.2. The fourth-order valence-corrected chi connectivity index (χ4v) is 3.74. The summed E-state index contributed by atoms with van der Waals surface area (Å²) in [5, 5.41) is 0.708. The van der Waals surface area contributed by atoms with E-state index >= 15 is 0 Å². The van der Waals surface area contributed by atoms with E-state index in [1.54, 1.807) is 11.3 Å². The summed E-state index contributed by atoms with van der Waals surface area (Å²) in [5.74, 6) is 0. The zero-order valence-electron chi connectivity index (χ0n) is 10.3. The monoisotopic (exact) mass is 288 g/mol. The lowest BCUT2D eigenvalue weighted by Gasteiger charge is -2.01. The number of fused-ring (bicyclic) bond motifs is 1. The highest BCUT2D eigenvalue weighted by molar-refractivity contribution is 8.01. The van der Waals surface area contributed by atoms with Crippen molar-refractivity contribution in [3.63, 3.8) is 0 Å². The summed E-state index contributed by atoms with van der Waals surface area (Å²) in [6.07, 6.45) is 0. The average Bonchev–Trinajstić information content (AvgIpc) is 2.80. The molecule has 0 saturated heterocycles. The Morgan fingerprint density at radius 3 is 2.84 bits per heavy atom. The Morgan fingerprint density at radius 1 is 1.21 bits per heavy atom. The van der Waals surface area contributed by atoms with Crippen LogP contribution >= 0.6 is 23.1 Å². The summed E-state index contributed by atoms with van der Waals surface area (Å²) in [7, 11) is 0. The van der Waals surface area contributed by atoms with Crippen molar-refractivity contribution in [1.82, 2.24) is 15.0 Å². The SMILES string of the molecule is Cc1cc(CN)nc(Sc2nc3ccccc3s2)n1. The summed E-state index contributed by atoms with van der Waals surface area (Å²) in [6.45, 7) is 2.38. The van der Waals surface area contributed by atoms with E-state index in [2.05, 4.69) is 21.0 Å². The van der Waals surface area contributed by atoms with Crippen LogP contribution in [0.3, 0.4) is 0 Å². The molecule has 3 rings (SSSR count). The Morgan fingerprint density at radius 2 is 2.05 bits per heavy atom. The molecule has 0 aliphatic heterocycles. The molecule has 3 aromatic rings. The molecule has 0 atom stereocenters. The first-order valence-corrected chi connectivity index (χ1v) is 7.46. The zero-order valence-corrected chi connectivity index (χ0v) is 12.0. The molecule has 0 radical (unpaired) electrons. The van der Waals surface area contributed by atoms with Crippen LogP contribution in [-0.2, 0) is 6.54 Å². The molecule has 0 amide bonds. The first-order chi connectivity index (χ1) is 9.24. The van der Waals surface area contributed by atoms with Gasteiger partial charge in [0.05, 0.1) is 15.9 Å². The van der Waals surface area contributed by atoms with Gasteiger partial charge in [0.15, 0.2) is 9.50 Å². The van der Waals surface area contributed by atoms with E-state index in [-0.39, 0.29) is 0 Å². The normalized spacial score (nSPS) is 11.1. The smallest absolute Gasteiger partial charge is 0.195 e. The van der Waals surface area contributed by atoms with Crippen molar-refractivity contribution in [2.75, 3.05) is 0 Å². The maximum atomic E-state index is 5.63. The molecule has 4 nitrogen and oxygen atoms in total. The lowest BCUT2D eigenvalue weighted by atomic mass is 10.3. The number of nitrogens with zero attached hydrogens (tertiary/aromatic N) is 3. The Hall–Kier alpha value is -1.50. The topological polar surface area (TPSA) is 64.7 Å². The van der Waals surface area contributed by atoms with Gasteiger partial charge in [-0.05, 0) is 36.9 Å². The molecule has 0 fully saturated rings. The molecule has 19 heavy (non-hydrogen) atoms. The molecule has 0 saturated carbocycles. The molecular formula is C13H12N4S2. The van der Waals surface area contributed by atoms with Gasteiger partial charge in [0.1, 0.15) is 0 Å². The van der Waals surface area contributed by atoms with Crippen molar-refractivity contribution in [2.24, 2.45) is 5.73 Å². The summed E-state index contributed by atoms with van der Waals surface area (Å²) in [6, 6.07) is 10.00. The fourth-order valence-electron chi connectivity index (χ4n) is 1.73. The average molecular weight is 288 g/mol. The molecule has 96 valence electrons. The largest absolute Gasteiger partial charge is 0.325 e. The van der Waals surface area contributed by atoms with Gasteiger partial charge in [-0.25, -0.2) is 15.0 Å². The number of benzene rings is 1. The van der Waals surface area contributed by atoms with Crippen molar-refractivity contribution in [1.29, 1.82) is 0 Å². The number of thiazole rings is 1. The molecule has 0 aliphatic rings.